The second kappa shape index (κ2) is 11.1. The van der Waals surface area contributed by atoms with Gasteiger partial charge in [-0.3, -0.25) is 4.90 Å². The molecule has 1 N–H and O–H groups in total. The van der Waals surface area contributed by atoms with Crippen LogP contribution >= 0.6 is 11.3 Å². The molecule has 0 radical (unpaired) electrons. The molecule has 1 aliphatic carbocycles. The summed E-state index contributed by atoms with van der Waals surface area (Å²) in [4.78, 5) is 4.61. The van der Waals surface area contributed by atoms with Crippen LogP contribution in [-0.2, 0) is 19.5 Å². The van der Waals surface area contributed by atoms with Gasteiger partial charge in [0.25, 0.3) is 0 Å². The number of hydrogen-bond acceptors (Lipinski definition) is 7. The molecule has 7 heteroatoms. The Bertz CT molecular complexity index is 1170. The first-order valence-electron chi connectivity index (χ1n) is 13.1. The van der Waals surface area contributed by atoms with Gasteiger partial charge in [-0.2, -0.15) is 5.26 Å². The lowest BCUT2D eigenvalue weighted by atomic mass is 9.91. The Balaban J connectivity index is 1.18. The minimum atomic E-state index is 0.392. The van der Waals surface area contributed by atoms with Crippen molar-refractivity contribution in [1.29, 1.82) is 5.26 Å². The first-order chi connectivity index (χ1) is 17.1. The largest absolute Gasteiger partial charge is 0.493 e. The molecule has 2 aromatic heterocycles. The van der Waals surface area contributed by atoms with Gasteiger partial charge in [0, 0.05) is 29.4 Å². The lowest BCUT2D eigenvalue weighted by Crippen LogP contribution is -2.33. The molecule has 35 heavy (non-hydrogen) atoms. The van der Waals surface area contributed by atoms with Crippen LogP contribution in [0.5, 0.6) is 5.75 Å². The maximum atomic E-state index is 9.04. The van der Waals surface area contributed by atoms with Gasteiger partial charge in [0.1, 0.15) is 16.7 Å². The predicted molar refractivity (Wildman–Crippen MR) is 140 cm³/mol. The Kier molecular flexibility index (Phi) is 7.72. The molecule has 186 valence electrons. The number of rotatable bonds is 11. The first kappa shape index (κ1) is 24.3. The zero-order chi connectivity index (χ0) is 24.2. The third kappa shape index (κ3) is 6.24. The van der Waals surface area contributed by atoms with E-state index < -0.39 is 0 Å². The zero-order valence-electron chi connectivity index (χ0n) is 20.9. The number of likely N-dealkylation sites (tertiary alicyclic amines) is 1. The molecule has 3 aromatic rings. The lowest BCUT2D eigenvalue weighted by Gasteiger charge is -2.31. The van der Waals surface area contributed by atoms with Crippen molar-refractivity contribution in [3.63, 3.8) is 0 Å². The number of fused-ring (bicyclic) bond motifs is 1. The van der Waals surface area contributed by atoms with Crippen LogP contribution in [0.1, 0.15) is 67.0 Å². The molecule has 3 heterocycles. The molecular formula is C28H36N4O2S. The molecule has 0 unspecified atom stereocenters. The number of nitrogens with one attached hydrogen (secondary N) is 1. The van der Waals surface area contributed by atoms with E-state index in [1.165, 1.54) is 30.6 Å². The van der Waals surface area contributed by atoms with Crippen molar-refractivity contribution in [3.05, 3.63) is 45.3 Å². The van der Waals surface area contributed by atoms with E-state index >= 15 is 0 Å². The molecule has 1 saturated heterocycles. The smallest absolute Gasteiger partial charge is 0.175 e. The molecule has 0 atom stereocenters. The number of hydrogen-bond donors (Lipinski definition) is 1. The van der Waals surface area contributed by atoms with Crippen molar-refractivity contribution in [2.24, 2.45) is 11.8 Å². The van der Waals surface area contributed by atoms with Crippen LogP contribution in [0.15, 0.2) is 28.8 Å². The fraction of sp³-hybridized carbons (Fsp3) is 0.571. The fourth-order valence-corrected chi connectivity index (χ4v) is 5.74. The van der Waals surface area contributed by atoms with E-state index in [0.717, 1.165) is 84.4 Å². The van der Waals surface area contributed by atoms with Crippen molar-refractivity contribution < 1.29 is 9.26 Å². The minimum absolute atomic E-state index is 0.392. The van der Waals surface area contributed by atoms with Crippen LogP contribution in [0, 0.1) is 23.2 Å². The summed E-state index contributed by atoms with van der Waals surface area (Å²) in [7, 11) is 0. The Hall–Kier alpha value is -2.40. The molecule has 0 amide bonds. The van der Waals surface area contributed by atoms with Gasteiger partial charge in [0.15, 0.2) is 5.58 Å². The van der Waals surface area contributed by atoms with Gasteiger partial charge in [0.2, 0.25) is 0 Å². The first-order valence-corrected chi connectivity index (χ1v) is 13.9. The normalized spacial score (nSPS) is 17.3. The average Bonchev–Trinajstić information content (AvgIpc) is 3.43. The van der Waals surface area contributed by atoms with E-state index in [4.69, 9.17) is 14.5 Å². The number of nitriles is 1. The summed E-state index contributed by atoms with van der Waals surface area (Å²) in [5.41, 5.74) is 3.05. The Morgan fingerprint density at radius 1 is 1.17 bits per heavy atom. The van der Waals surface area contributed by atoms with Crippen LogP contribution in [-0.4, -0.2) is 35.8 Å². The second-order valence-corrected chi connectivity index (χ2v) is 11.6. The summed E-state index contributed by atoms with van der Waals surface area (Å²) in [6.07, 6.45) is 7.09. The maximum Gasteiger partial charge on any atom is 0.175 e. The van der Waals surface area contributed by atoms with Crippen LogP contribution in [0.4, 0.5) is 0 Å². The summed E-state index contributed by atoms with van der Waals surface area (Å²) >= 11 is 1.62. The van der Waals surface area contributed by atoms with Crippen molar-refractivity contribution in [3.8, 4) is 11.8 Å². The minimum Gasteiger partial charge on any atom is -0.493 e. The standard InChI is InChI=1S/C28H36N4O2S/c1-19(2)30-16-25-27(33-18-21-3-4-21)10-8-24-26(31-34-28(24)25)9-5-20-11-13-32(14-12-20)17-23-7-6-22(15-29)35-23/h6-8,10,19-21,30H,3-5,9,11-14,16-18H2,1-2H3. The molecule has 2 aliphatic rings. The van der Waals surface area contributed by atoms with Gasteiger partial charge < -0.3 is 14.6 Å². The van der Waals surface area contributed by atoms with Crippen molar-refractivity contribution >= 4 is 22.3 Å². The quantitative estimate of drug-likeness (QED) is 0.360. The lowest BCUT2D eigenvalue weighted by molar-refractivity contribution is 0.173. The monoisotopic (exact) mass is 492 g/mol. The van der Waals surface area contributed by atoms with Gasteiger partial charge in [-0.25, -0.2) is 0 Å². The molecule has 0 bridgehead atoms. The second-order valence-electron chi connectivity index (χ2n) is 10.5. The van der Waals surface area contributed by atoms with Crippen LogP contribution < -0.4 is 10.1 Å². The Morgan fingerprint density at radius 2 is 2.00 bits per heavy atom. The summed E-state index contributed by atoms with van der Waals surface area (Å²) in [5.74, 6) is 2.37. The summed E-state index contributed by atoms with van der Waals surface area (Å²) in [6.45, 7) is 9.05. The van der Waals surface area contributed by atoms with Crippen molar-refractivity contribution in [2.45, 2.75) is 71.5 Å². The van der Waals surface area contributed by atoms with Crippen LogP contribution in [0.2, 0.25) is 0 Å². The number of aromatic nitrogens is 1. The third-order valence-electron chi connectivity index (χ3n) is 7.28. The highest BCUT2D eigenvalue weighted by Gasteiger charge is 2.24. The number of nitrogens with zero attached hydrogens (tertiary/aromatic N) is 3. The van der Waals surface area contributed by atoms with Gasteiger partial charge in [0.05, 0.1) is 17.9 Å². The Labute approximate surface area is 212 Å². The molecule has 6 nitrogen and oxygen atoms in total. The number of piperidine rings is 1. The molecule has 5 rings (SSSR count). The SMILES string of the molecule is CC(C)NCc1c(OCC2CC2)ccc2c(CCC3CCN(Cc4ccc(C#N)s4)CC3)noc12. The highest BCUT2D eigenvalue weighted by molar-refractivity contribution is 7.12. The van der Waals surface area contributed by atoms with Crippen LogP contribution in [0.3, 0.4) is 0 Å². The predicted octanol–water partition coefficient (Wildman–Crippen LogP) is 5.89. The fourth-order valence-electron chi connectivity index (χ4n) is 4.89. The zero-order valence-corrected chi connectivity index (χ0v) is 21.7. The average molecular weight is 493 g/mol. The summed E-state index contributed by atoms with van der Waals surface area (Å²) in [5, 5.41) is 18.2. The molecule has 1 aliphatic heterocycles. The van der Waals surface area contributed by atoms with E-state index in [0.29, 0.717) is 12.0 Å². The van der Waals surface area contributed by atoms with Gasteiger partial charge >= 0.3 is 0 Å². The Morgan fingerprint density at radius 3 is 2.71 bits per heavy atom. The van der Waals surface area contributed by atoms with E-state index in [9.17, 15) is 0 Å². The molecule has 1 aromatic carbocycles. The van der Waals surface area contributed by atoms with E-state index in [1.54, 1.807) is 11.3 Å². The highest BCUT2D eigenvalue weighted by atomic mass is 32.1. The van der Waals surface area contributed by atoms with Gasteiger partial charge in [-0.05, 0) is 87.7 Å². The van der Waals surface area contributed by atoms with Crippen LogP contribution in [0.25, 0.3) is 11.0 Å². The van der Waals surface area contributed by atoms with E-state index in [1.807, 2.05) is 6.07 Å². The summed E-state index contributed by atoms with van der Waals surface area (Å²) in [6, 6.07) is 10.9. The van der Waals surface area contributed by atoms with E-state index in [2.05, 4.69) is 53.5 Å². The third-order valence-corrected chi connectivity index (χ3v) is 8.26. The van der Waals surface area contributed by atoms with Gasteiger partial charge in [-0.1, -0.05) is 19.0 Å². The topological polar surface area (TPSA) is 74.3 Å². The number of aryl methyl sites for hydroxylation is 1. The molecule has 0 spiro atoms. The number of ether oxygens (including phenoxy) is 1. The maximum absolute atomic E-state index is 9.04. The molecular weight excluding hydrogens is 456 g/mol. The highest BCUT2D eigenvalue weighted by Crippen LogP contribution is 2.35. The number of thiophene rings is 1. The summed E-state index contributed by atoms with van der Waals surface area (Å²) < 4.78 is 12.1. The van der Waals surface area contributed by atoms with Crippen molar-refractivity contribution in [1.82, 2.24) is 15.4 Å². The number of benzene rings is 1. The van der Waals surface area contributed by atoms with E-state index in [-0.39, 0.29) is 0 Å². The molecule has 2 fully saturated rings. The van der Waals surface area contributed by atoms with Crippen molar-refractivity contribution in [2.75, 3.05) is 19.7 Å². The van der Waals surface area contributed by atoms with Gasteiger partial charge in [-0.15, -0.1) is 11.3 Å². The molecule has 1 saturated carbocycles.